The van der Waals surface area contributed by atoms with Gasteiger partial charge in [0.15, 0.2) is 0 Å². The summed E-state index contributed by atoms with van der Waals surface area (Å²) >= 11 is 0. The van der Waals surface area contributed by atoms with Crippen LogP contribution in [0.2, 0.25) is 0 Å². The number of aliphatic hydroxyl groups excluding tert-OH is 1. The third-order valence-electron chi connectivity index (χ3n) is 3.59. The molecule has 0 bridgehead atoms. The number of fused-ring (bicyclic) bond motifs is 1. The highest BCUT2D eigenvalue weighted by atomic mass is 16.5. The average molecular weight is 248 g/mol. The highest BCUT2D eigenvalue weighted by Gasteiger charge is 2.23. The first-order chi connectivity index (χ1) is 8.74. The van der Waals surface area contributed by atoms with E-state index in [1.807, 2.05) is 18.2 Å². The molecule has 1 aromatic carbocycles. The zero-order chi connectivity index (χ0) is 12.5. The maximum atomic E-state index is 11.2. The molecule has 0 spiro atoms. The van der Waals surface area contributed by atoms with Crippen molar-refractivity contribution in [1.82, 2.24) is 9.97 Å². The van der Waals surface area contributed by atoms with Crippen LogP contribution < -0.4 is 5.69 Å². The van der Waals surface area contributed by atoms with Gasteiger partial charge in [0.25, 0.3) is 0 Å². The second kappa shape index (κ2) is 4.59. The Bertz CT molecular complexity index is 596. The molecule has 5 heteroatoms. The Morgan fingerprint density at radius 2 is 1.94 bits per heavy atom. The number of nitrogens with one attached hydrogen (secondary N) is 2. The van der Waals surface area contributed by atoms with Crippen molar-refractivity contribution in [3.63, 3.8) is 0 Å². The van der Waals surface area contributed by atoms with Gasteiger partial charge in [0.1, 0.15) is 0 Å². The SMILES string of the molecule is O=c1[nH]c2ccc(C(O)C3CCOCC3)cc2[nH]1. The number of H-pyrrole nitrogens is 2. The molecule has 0 amide bonds. The summed E-state index contributed by atoms with van der Waals surface area (Å²) in [5, 5.41) is 10.4. The van der Waals surface area contributed by atoms with Gasteiger partial charge in [-0.3, -0.25) is 0 Å². The van der Waals surface area contributed by atoms with Gasteiger partial charge in [-0.15, -0.1) is 0 Å². The smallest absolute Gasteiger partial charge is 0.323 e. The topological polar surface area (TPSA) is 78.1 Å². The van der Waals surface area contributed by atoms with Crippen molar-refractivity contribution in [2.75, 3.05) is 13.2 Å². The number of aliphatic hydroxyl groups is 1. The van der Waals surface area contributed by atoms with Crippen LogP contribution in [0.1, 0.15) is 24.5 Å². The molecule has 2 aromatic rings. The van der Waals surface area contributed by atoms with Gasteiger partial charge in [-0.1, -0.05) is 6.07 Å². The second-order valence-corrected chi connectivity index (χ2v) is 4.78. The molecule has 1 aromatic heterocycles. The van der Waals surface area contributed by atoms with Gasteiger partial charge in [-0.2, -0.15) is 0 Å². The summed E-state index contributed by atoms with van der Waals surface area (Å²) in [4.78, 5) is 16.6. The lowest BCUT2D eigenvalue weighted by molar-refractivity contribution is 0.00723. The lowest BCUT2D eigenvalue weighted by Gasteiger charge is -2.26. The van der Waals surface area contributed by atoms with E-state index < -0.39 is 6.10 Å². The van der Waals surface area contributed by atoms with E-state index in [1.54, 1.807) is 0 Å². The molecular weight excluding hydrogens is 232 g/mol. The number of rotatable bonds is 2. The van der Waals surface area contributed by atoms with Crippen LogP contribution in [0.5, 0.6) is 0 Å². The van der Waals surface area contributed by atoms with Gasteiger partial charge in [0.05, 0.1) is 17.1 Å². The zero-order valence-electron chi connectivity index (χ0n) is 9.98. The number of ether oxygens (including phenoxy) is 1. The molecule has 5 nitrogen and oxygen atoms in total. The fourth-order valence-electron chi connectivity index (χ4n) is 2.54. The fourth-order valence-corrected chi connectivity index (χ4v) is 2.54. The minimum absolute atomic E-state index is 0.220. The van der Waals surface area contributed by atoms with E-state index in [9.17, 15) is 9.90 Å². The number of aromatic nitrogens is 2. The summed E-state index contributed by atoms with van der Waals surface area (Å²) in [6.45, 7) is 1.43. The van der Waals surface area contributed by atoms with Crippen LogP contribution in [0.15, 0.2) is 23.0 Å². The molecule has 1 saturated heterocycles. The summed E-state index contributed by atoms with van der Waals surface area (Å²) in [6.07, 6.45) is 1.27. The van der Waals surface area contributed by atoms with E-state index in [-0.39, 0.29) is 11.6 Å². The summed E-state index contributed by atoms with van der Waals surface area (Å²) in [7, 11) is 0. The van der Waals surface area contributed by atoms with Crippen molar-refractivity contribution in [2.24, 2.45) is 5.92 Å². The predicted molar refractivity (Wildman–Crippen MR) is 67.4 cm³/mol. The predicted octanol–water partition coefficient (Wildman–Crippen LogP) is 1.32. The van der Waals surface area contributed by atoms with Crippen molar-refractivity contribution < 1.29 is 9.84 Å². The molecule has 3 N–H and O–H groups in total. The van der Waals surface area contributed by atoms with Crippen LogP contribution in [0.4, 0.5) is 0 Å². The van der Waals surface area contributed by atoms with Gasteiger partial charge in [0, 0.05) is 13.2 Å². The molecule has 3 rings (SSSR count). The molecule has 1 aliphatic heterocycles. The van der Waals surface area contributed by atoms with Gasteiger partial charge in [-0.05, 0) is 36.5 Å². The lowest BCUT2D eigenvalue weighted by Crippen LogP contribution is -2.21. The standard InChI is InChI=1S/C13H16N2O3/c16-12(8-3-5-18-6-4-8)9-1-2-10-11(7-9)15-13(17)14-10/h1-2,7-8,12,16H,3-6H2,(H2,14,15,17). The summed E-state index contributed by atoms with van der Waals surface area (Å²) in [6, 6.07) is 5.53. The summed E-state index contributed by atoms with van der Waals surface area (Å²) in [5.41, 5.74) is 2.14. The van der Waals surface area contributed by atoms with Crippen LogP contribution >= 0.6 is 0 Å². The first kappa shape index (κ1) is 11.5. The third-order valence-corrected chi connectivity index (χ3v) is 3.59. The number of imidazole rings is 1. The van der Waals surface area contributed by atoms with Crippen LogP contribution in [0, 0.1) is 5.92 Å². The molecule has 18 heavy (non-hydrogen) atoms. The monoisotopic (exact) mass is 248 g/mol. The van der Waals surface area contributed by atoms with Crippen LogP contribution in [0.3, 0.4) is 0 Å². The van der Waals surface area contributed by atoms with Crippen molar-refractivity contribution in [3.8, 4) is 0 Å². The van der Waals surface area contributed by atoms with Crippen LogP contribution in [-0.4, -0.2) is 28.3 Å². The van der Waals surface area contributed by atoms with E-state index in [1.165, 1.54) is 0 Å². The molecule has 0 aliphatic carbocycles. The minimum Gasteiger partial charge on any atom is -0.388 e. The molecule has 0 radical (unpaired) electrons. The van der Waals surface area contributed by atoms with Gasteiger partial charge in [-0.25, -0.2) is 4.79 Å². The first-order valence-electron chi connectivity index (χ1n) is 6.22. The molecule has 0 saturated carbocycles. The number of hydrogen-bond donors (Lipinski definition) is 3. The Morgan fingerprint density at radius 1 is 1.22 bits per heavy atom. The zero-order valence-corrected chi connectivity index (χ0v) is 9.98. The van der Waals surface area contributed by atoms with E-state index in [2.05, 4.69) is 9.97 Å². The normalized spacial score (nSPS) is 19.2. The highest BCUT2D eigenvalue weighted by Crippen LogP contribution is 2.30. The van der Waals surface area contributed by atoms with Gasteiger partial charge >= 0.3 is 5.69 Å². The Kier molecular flexibility index (Phi) is 2.93. The molecule has 1 fully saturated rings. The Hall–Kier alpha value is -1.59. The molecule has 1 unspecified atom stereocenters. The van der Waals surface area contributed by atoms with E-state index in [4.69, 9.17) is 4.74 Å². The number of benzene rings is 1. The third kappa shape index (κ3) is 2.07. The maximum absolute atomic E-state index is 11.2. The van der Waals surface area contributed by atoms with Crippen molar-refractivity contribution in [1.29, 1.82) is 0 Å². The molecule has 2 heterocycles. The maximum Gasteiger partial charge on any atom is 0.323 e. The average Bonchev–Trinajstić information content (AvgIpc) is 2.78. The molecule has 96 valence electrons. The van der Waals surface area contributed by atoms with Gasteiger partial charge < -0.3 is 19.8 Å². The van der Waals surface area contributed by atoms with Crippen LogP contribution in [-0.2, 0) is 4.74 Å². The molecule has 1 aliphatic rings. The first-order valence-corrected chi connectivity index (χ1v) is 6.22. The Labute approximate surface area is 104 Å². The Balaban J connectivity index is 1.90. The second-order valence-electron chi connectivity index (χ2n) is 4.78. The Morgan fingerprint density at radius 3 is 2.72 bits per heavy atom. The van der Waals surface area contributed by atoms with Crippen molar-refractivity contribution >= 4 is 11.0 Å². The van der Waals surface area contributed by atoms with Crippen molar-refractivity contribution in [3.05, 3.63) is 34.2 Å². The summed E-state index contributed by atoms with van der Waals surface area (Å²) < 4.78 is 5.30. The molecule has 1 atom stereocenters. The van der Waals surface area contributed by atoms with E-state index in [0.717, 1.165) is 29.4 Å². The number of aromatic amines is 2. The van der Waals surface area contributed by atoms with E-state index >= 15 is 0 Å². The number of hydrogen-bond acceptors (Lipinski definition) is 3. The van der Waals surface area contributed by atoms with Crippen LogP contribution in [0.25, 0.3) is 11.0 Å². The largest absolute Gasteiger partial charge is 0.388 e. The quantitative estimate of drug-likeness (QED) is 0.750. The fraction of sp³-hybridized carbons (Fsp3) is 0.462. The minimum atomic E-state index is -0.489. The lowest BCUT2D eigenvalue weighted by atomic mass is 9.89. The highest BCUT2D eigenvalue weighted by molar-refractivity contribution is 5.75. The molecular formula is C13H16N2O3. The van der Waals surface area contributed by atoms with E-state index in [0.29, 0.717) is 13.2 Å². The van der Waals surface area contributed by atoms with Gasteiger partial charge in [0.2, 0.25) is 0 Å². The van der Waals surface area contributed by atoms with Crippen molar-refractivity contribution in [2.45, 2.75) is 18.9 Å². The summed E-state index contributed by atoms with van der Waals surface area (Å²) in [5.74, 6) is 0.238.